The Balaban J connectivity index is 2.24. The molecular weight excluding hydrogens is 387 g/mol. The molecule has 3 rings (SSSR count). The third kappa shape index (κ3) is 3.42. The summed E-state index contributed by atoms with van der Waals surface area (Å²) in [5.41, 5.74) is 10.1. The number of alkyl halides is 3. The summed E-state index contributed by atoms with van der Waals surface area (Å²) in [5.74, 6) is 0. The van der Waals surface area contributed by atoms with E-state index >= 15 is 0 Å². The summed E-state index contributed by atoms with van der Waals surface area (Å²) in [6, 6.07) is 7.91. The number of ether oxygens (including phenoxy) is 1. The number of fused-ring (bicyclic) bond motifs is 1. The summed E-state index contributed by atoms with van der Waals surface area (Å²) in [5, 5.41) is -0.511. The van der Waals surface area contributed by atoms with Crippen LogP contribution in [0.15, 0.2) is 35.2 Å². The quantitative estimate of drug-likeness (QED) is 0.621. The van der Waals surface area contributed by atoms with E-state index in [0.717, 1.165) is 22.3 Å². The Morgan fingerprint density at radius 3 is 2.46 bits per heavy atom. The summed E-state index contributed by atoms with van der Waals surface area (Å²) >= 11 is 2.25. The van der Waals surface area contributed by atoms with Crippen LogP contribution in [-0.4, -0.2) is 17.3 Å². The minimum Gasteiger partial charge on any atom is -0.397 e. The molecule has 1 aromatic carbocycles. The van der Waals surface area contributed by atoms with Crippen molar-refractivity contribution >= 4 is 45.1 Å². The van der Waals surface area contributed by atoms with Gasteiger partial charge in [-0.05, 0) is 24.5 Å². The molecule has 5 nitrogen and oxygen atoms in total. The van der Waals surface area contributed by atoms with Crippen molar-refractivity contribution in [2.24, 2.45) is 5.73 Å². The van der Waals surface area contributed by atoms with Crippen molar-refractivity contribution in [1.82, 2.24) is 4.98 Å². The Labute approximate surface area is 154 Å². The average molecular weight is 399 g/mol. The number of nitrogens with two attached hydrogens (primary N) is 2. The number of thioether (sulfide) groups is 1. The molecule has 2 heterocycles. The Morgan fingerprint density at radius 2 is 1.92 bits per heavy atom. The van der Waals surface area contributed by atoms with E-state index in [1.165, 1.54) is 11.8 Å². The molecule has 0 spiro atoms. The molecule has 0 bridgehead atoms. The normalized spacial score (nSPS) is 11.7. The van der Waals surface area contributed by atoms with Crippen molar-refractivity contribution in [2.75, 3.05) is 12.0 Å². The molecule has 0 aliphatic carbocycles. The molecule has 10 heteroatoms. The van der Waals surface area contributed by atoms with Crippen LogP contribution in [0.1, 0.15) is 5.56 Å². The number of rotatable bonds is 3. The van der Waals surface area contributed by atoms with Gasteiger partial charge in [-0.25, -0.2) is 9.78 Å². The van der Waals surface area contributed by atoms with Gasteiger partial charge >= 0.3 is 12.3 Å². The highest BCUT2D eigenvalue weighted by molar-refractivity contribution is 7.98. The summed E-state index contributed by atoms with van der Waals surface area (Å²) in [7, 11) is 0. The first kappa shape index (κ1) is 18.3. The Hall–Kier alpha value is -2.46. The number of primary amides is 1. The number of nitrogens with zero attached hydrogens (tertiary/aromatic N) is 1. The van der Waals surface area contributed by atoms with Crippen LogP contribution in [0.2, 0.25) is 0 Å². The van der Waals surface area contributed by atoms with Gasteiger partial charge < -0.3 is 16.2 Å². The SMILES string of the molecule is CSc1ccc(-c2cc(C(F)(F)F)c3c(N)c(OC(N)=O)sc3n2)cc1. The molecule has 0 aliphatic rings. The highest BCUT2D eigenvalue weighted by Crippen LogP contribution is 2.46. The molecule has 136 valence electrons. The van der Waals surface area contributed by atoms with Crippen LogP contribution in [-0.2, 0) is 6.18 Å². The Morgan fingerprint density at radius 1 is 1.27 bits per heavy atom. The first-order valence-corrected chi connectivity index (χ1v) is 9.16. The van der Waals surface area contributed by atoms with Crippen LogP contribution in [0.25, 0.3) is 21.5 Å². The number of halogens is 3. The molecular formula is C16H12F3N3O2S2. The largest absolute Gasteiger partial charge is 0.417 e. The van der Waals surface area contributed by atoms with Gasteiger partial charge in [-0.3, -0.25) is 0 Å². The summed E-state index contributed by atoms with van der Waals surface area (Å²) in [6.07, 6.45) is -3.92. The lowest BCUT2D eigenvalue weighted by atomic mass is 10.1. The van der Waals surface area contributed by atoms with Crippen LogP contribution in [0, 0.1) is 0 Å². The fourth-order valence-corrected chi connectivity index (χ4v) is 3.79. The lowest BCUT2D eigenvalue weighted by molar-refractivity contribution is -0.136. The van der Waals surface area contributed by atoms with E-state index < -0.39 is 17.8 Å². The van der Waals surface area contributed by atoms with Crippen molar-refractivity contribution in [2.45, 2.75) is 11.1 Å². The van der Waals surface area contributed by atoms with Gasteiger partial charge in [0.15, 0.2) is 0 Å². The van der Waals surface area contributed by atoms with Crippen molar-refractivity contribution in [1.29, 1.82) is 0 Å². The van der Waals surface area contributed by atoms with Gasteiger partial charge in [-0.1, -0.05) is 23.5 Å². The fourth-order valence-electron chi connectivity index (χ4n) is 2.40. The topological polar surface area (TPSA) is 91.2 Å². The van der Waals surface area contributed by atoms with Crippen LogP contribution in [0.4, 0.5) is 23.7 Å². The predicted molar refractivity (Wildman–Crippen MR) is 96.5 cm³/mol. The molecule has 1 amide bonds. The summed E-state index contributed by atoms with van der Waals surface area (Å²) in [6.45, 7) is 0. The number of carbonyl (C=O) groups is 1. The third-order valence-corrected chi connectivity index (χ3v) is 5.27. The number of benzene rings is 1. The average Bonchev–Trinajstić information content (AvgIpc) is 2.88. The van der Waals surface area contributed by atoms with E-state index in [0.29, 0.717) is 5.56 Å². The lowest BCUT2D eigenvalue weighted by Crippen LogP contribution is -2.16. The van der Waals surface area contributed by atoms with E-state index in [1.807, 2.05) is 6.26 Å². The summed E-state index contributed by atoms with van der Waals surface area (Å²) in [4.78, 5) is 16.2. The van der Waals surface area contributed by atoms with Crippen molar-refractivity contribution in [3.05, 3.63) is 35.9 Å². The maximum absolute atomic E-state index is 13.6. The number of carbonyl (C=O) groups excluding carboxylic acids is 1. The number of amides is 1. The van der Waals surface area contributed by atoms with E-state index in [1.54, 1.807) is 24.3 Å². The number of hydrogen-bond donors (Lipinski definition) is 2. The molecule has 3 aromatic rings. The van der Waals surface area contributed by atoms with E-state index in [9.17, 15) is 18.0 Å². The number of nitrogen functional groups attached to an aromatic ring is 1. The van der Waals surface area contributed by atoms with Crippen LogP contribution >= 0.6 is 23.1 Å². The minimum absolute atomic E-state index is 0.0116. The zero-order valence-electron chi connectivity index (χ0n) is 13.3. The molecule has 0 aliphatic heterocycles. The number of aromatic nitrogens is 1. The van der Waals surface area contributed by atoms with Gasteiger partial charge in [0, 0.05) is 10.5 Å². The monoisotopic (exact) mass is 399 g/mol. The fraction of sp³-hybridized carbons (Fsp3) is 0.125. The van der Waals surface area contributed by atoms with Gasteiger partial charge in [0.2, 0.25) is 5.06 Å². The first-order chi connectivity index (χ1) is 12.2. The molecule has 0 saturated heterocycles. The number of thiophene rings is 1. The van der Waals surface area contributed by atoms with E-state index in [4.69, 9.17) is 16.2 Å². The number of anilines is 1. The Bertz CT molecular complexity index is 985. The van der Waals surface area contributed by atoms with Gasteiger partial charge in [-0.2, -0.15) is 13.2 Å². The maximum atomic E-state index is 13.6. The van der Waals surface area contributed by atoms with Crippen molar-refractivity contribution < 1.29 is 22.7 Å². The zero-order valence-corrected chi connectivity index (χ0v) is 14.9. The van der Waals surface area contributed by atoms with Gasteiger partial charge in [0.1, 0.15) is 4.83 Å². The second-order valence-electron chi connectivity index (χ2n) is 5.19. The molecule has 0 unspecified atom stereocenters. The second-order valence-corrected chi connectivity index (χ2v) is 7.03. The minimum atomic E-state index is -4.66. The molecule has 2 aromatic heterocycles. The molecule has 0 radical (unpaired) electrons. The second kappa shape index (κ2) is 6.69. The highest BCUT2D eigenvalue weighted by Gasteiger charge is 2.36. The predicted octanol–water partition coefficient (Wildman–Crippen LogP) is 4.74. The Kier molecular flexibility index (Phi) is 4.72. The van der Waals surface area contributed by atoms with Crippen LogP contribution < -0.4 is 16.2 Å². The third-order valence-electron chi connectivity index (χ3n) is 3.55. The summed E-state index contributed by atoms with van der Waals surface area (Å²) < 4.78 is 45.4. The standard InChI is InChI=1S/C16H12F3N3O2S2/c1-25-8-4-2-7(3-5-8)10-6-9(16(17,18)19)11-12(20)14(24-15(21)23)26-13(11)22-10/h2-6H,20H2,1H3,(H2,21,23). The number of pyridine rings is 1. The smallest absolute Gasteiger partial charge is 0.397 e. The zero-order chi connectivity index (χ0) is 19.1. The molecule has 26 heavy (non-hydrogen) atoms. The van der Waals surface area contributed by atoms with E-state index in [-0.39, 0.29) is 26.7 Å². The number of hydrogen-bond acceptors (Lipinski definition) is 6. The van der Waals surface area contributed by atoms with Crippen LogP contribution in [0.5, 0.6) is 5.06 Å². The van der Waals surface area contributed by atoms with Crippen molar-refractivity contribution in [3.63, 3.8) is 0 Å². The van der Waals surface area contributed by atoms with Gasteiger partial charge in [0.25, 0.3) is 0 Å². The van der Waals surface area contributed by atoms with Crippen LogP contribution in [0.3, 0.4) is 0 Å². The van der Waals surface area contributed by atoms with Gasteiger partial charge in [0.05, 0.1) is 22.3 Å². The molecule has 4 N–H and O–H groups in total. The van der Waals surface area contributed by atoms with E-state index in [2.05, 4.69) is 4.98 Å². The highest BCUT2D eigenvalue weighted by atomic mass is 32.2. The van der Waals surface area contributed by atoms with Gasteiger partial charge in [-0.15, -0.1) is 11.8 Å². The lowest BCUT2D eigenvalue weighted by Gasteiger charge is -2.11. The maximum Gasteiger partial charge on any atom is 0.417 e. The van der Waals surface area contributed by atoms with Crippen molar-refractivity contribution in [3.8, 4) is 16.3 Å². The molecule has 0 fully saturated rings. The molecule has 0 saturated carbocycles. The molecule has 0 atom stereocenters. The first-order valence-electron chi connectivity index (χ1n) is 7.12.